The Kier molecular flexibility index (Phi) is 4.85. The van der Waals surface area contributed by atoms with Crippen LogP contribution in [0.5, 0.6) is 0 Å². The lowest BCUT2D eigenvalue weighted by atomic mass is 10.0. The average Bonchev–Trinajstić information content (AvgIpc) is 3.04. The molecular formula is C27H25FN2O. The standard InChI is InChI=1S/C27H25FN2O/c1-18-9-10-19(2)22(13-18)17-30-16-21-11-12-29(15-20-5-3-6-23(28)14-20)27(31)24-7-4-8-25(30)26(21)24/h3-10,13-14,16H,11-12,15,17H2,1-2H3. The number of carbonyl (C=O) groups is 1. The SMILES string of the molecule is Cc1ccc(C)c(Cn2cc3c4c(cccc42)C(=O)N(Cc2cccc(F)c2)CC3)c1. The average molecular weight is 413 g/mol. The van der Waals surface area contributed by atoms with Crippen molar-refractivity contribution in [2.45, 2.75) is 33.4 Å². The largest absolute Gasteiger partial charge is 0.343 e. The van der Waals surface area contributed by atoms with Crippen molar-refractivity contribution in [2.24, 2.45) is 0 Å². The first-order valence-electron chi connectivity index (χ1n) is 10.7. The first kappa shape index (κ1) is 19.6. The Morgan fingerprint density at radius 2 is 1.81 bits per heavy atom. The van der Waals surface area contributed by atoms with E-state index in [2.05, 4.69) is 48.9 Å². The van der Waals surface area contributed by atoms with Gasteiger partial charge >= 0.3 is 0 Å². The Labute approximate surface area is 181 Å². The summed E-state index contributed by atoms with van der Waals surface area (Å²) in [6.07, 6.45) is 2.99. The van der Waals surface area contributed by atoms with E-state index in [0.717, 1.165) is 35.0 Å². The summed E-state index contributed by atoms with van der Waals surface area (Å²) in [6, 6.07) is 19.0. The molecule has 0 fully saturated rings. The first-order valence-corrected chi connectivity index (χ1v) is 10.7. The smallest absolute Gasteiger partial charge is 0.254 e. The maximum absolute atomic E-state index is 13.6. The lowest BCUT2D eigenvalue weighted by Crippen LogP contribution is -2.31. The van der Waals surface area contributed by atoms with Crippen LogP contribution in [0.4, 0.5) is 4.39 Å². The highest BCUT2D eigenvalue weighted by molar-refractivity contribution is 6.08. The van der Waals surface area contributed by atoms with E-state index in [1.54, 1.807) is 6.07 Å². The fraction of sp³-hybridized carbons (Fsp3) is 0.222. The van der Waals surface area contributed by atoms with Crippen molar-refractivity contribution in [3.63, 3.8) is 0 Å². The van der Waals surface area contributed by atoms with Gasteiger partial charge in [0.15, 0.2) is 0 Å². The van der Waals surface area contributed by atoms with Gasteiger partial charge in [-0.1, -0.05) is 42.0 Å². The molecule has 0 bridgehead atoms. The van der Waals surface area contributed by atoms with Crippen LogP contribution in [-0.4, -0.2) is 21.9 Å². The van der Waals surface area contributed by atoms with Gasteiger partial charge in [-0.2, -0.15) is 0 Å². The summed E-state index contributed by atoms with van der Waals surface area (Å²) in [6.45, 7) is 6.08. The zero-order chi connectivity index (χ0) is 21.5. The van der Waals surface area contributed by atoms with Gasteiger partial charge in [-0.05, 0) is 66.8 Å². The van der Waals surface area contributed by atoms with Crippen LogP contribution in [0.25, 0.3) is 10.9 Å². The minimum atomic E-state index is -0.272. The zero-order valence-corrected chi connectivity index (χ0v) is 17.9. The maximum atomic E-state index is 13.6. The van der Waals surface area contributed by atoms with Crippen molar-refractivity contribution in [1.29, 1.82) is 0 Å². The second kappa shape index (κ2) is 7.69. The molecule has 156 valence electrons. The summed E-state index contributed by atoms with van der Waals surface area (Å²) < 4.78 is 15.9. The number of rotatable bonds is 4. The van der Waals surface area contributed by atoms with E-state index in [4.69, 9.17) is 0 Å². The van der Waals surface area contributed by atoms with Gasteiger partial charge in [0, 0.05) is 42.3 Å². The maximum Gasteiger partial charge on any atom is 0.254 e. The number of halogens is 1. The van der Waals surface area contributed by atoms with Crippen LogP contribution < -0.4 is 0 Å². The van der Waals surface area contributed by atoms with Crippen LogP contribution in [0.2, 0.25) is 0 Å². The molecule has 3 nitrogen and oxygen atoms in total. The molecule has 0 radical (unpaired) electrons. The molecule has 0 atom stereocenters. The quantitative estimate of drug-likeness (QED) is 0.426. The monoisotopic (exact) mass is 412 g/mol. The third kappa shape index (κ3) is 3.63. The molecule has 0 spiro atoms. The van der Waals surface area contributed by atoms with Crippen molar-refractivity contribution in [2.75, 3.05) is 6.54 Å². The van der Waals surface area contributed by atoms with Crippen LogP contribution in [0, 0.1) is 19.7 Å². The summed E-state index contributed by atoms with van der Waals surface area (Å²) >= 11 is 0. The van der Waals surface area contributed by atoms with Gasteiger partial charge in [0.2, 0.25) is 0 Å². The summed E-state index contributed by atoms with van der Waals surface area (Å²) in [4.78, 5) is 15.2. The van der Waals surface area contributed by atoms with Crippen molar-refractivity contribution in [3.05, 3.63) is 106 Å². The normalized spacial score (nSPS) is 13.6. The van der Waals surface area contributed by atoms with Gasteiger partial charge in [0.25, 0.3) is 5.91 Å². The Morgan fingerprint density at radius 3 is 2.65 bits per heavy atom. The van der Waals surface area contributed by atoms with E-state index in [9.17, 15) is 9.18 Å². The van der Waals surface area contributed by atoms with Crippen molar-refractivity contribution < 1.29 is 9.18 Å². The number of aromatic nitrogens is 1. The predicted octanol–water partition coefficient (Wildman–Crippen LogP) is 5.64. The Balaban J connectivity index is 1.52. The zero-order valence-electron chi connectivity index (χ0n) is 17.9. The first-order chi connectivity index (χ1) is 15.0. The Morgan fingerprint density at radius 1 is 0.968 bits per heavy atom. The van der Waals surface area contributed by atoms with Crippen molar-refractivity contribution in [3.8, 4) is 0 Å². The number of hydrogen-bond acceptors (Lipinski definition) is 1. The molecule has 1 aromatic heterocycles. The molecule has 4 heteroatoms. The van der Waals surface area contributed by atoms with Crippen LogP contribution >= 0.6 is 0 Å². The van der Waals surface area contributed by atoms with Crippen molar-refractivity contribution >= 4 is 16.8 Å². The van der Waals surface area contributed by atoms with E-state index in [0.29, 0.717) is 13.1 Å². The Hall–Kier alpha value is -3.40. The molecule has 0 unspecified atom stereocenters. The summed E-state index contributed by atoms with van der Waals surface area (Å²) in [5, 5.41) is 1.06. The van der Waals surface area contributed by atoms with Gasteiger partial charge in [-0.15, -0.1) is 0 Å². The van der Waals surface area contributed by atoms with E-state index in [-0.39, 0.29) is 11.7 Å². The predicted molar refractivity (Wildman–Crippen MR) is 122 cm³/mol. The minimum absolute atomic E-state index is 0.0121. The van der Waals surface area contributed by atoms with E-state index < -0.39 is 0 Å². The fourth-order valence-electron chi connectivity index (χ4n) is 4.63. The second-order valence-corrected chi connectivity index (χ2v) is 8.52. The van der Waals surface area contributed by atoms with Crippen LogP contribution in [0.1, 0.15) is 38.2 Å². The van der Waals surface area contributed by atoms with E-state index >= 15 is 0 Å². The summed E-state index contributed by atoms with van der Waals surface area (Å²) in [7, 11) is 0. The van der Waals surface area contributed by atoms with Gasteiger partial charge in [-0.25, -0.2) is 4.39 Å². The third-order valence-electron chi connectivity index (χ3n) is 6.26. The number of carbonyl (C=O) groups excluding carboxylic acids is 1. The summed E-state index contributed by atoms with van der Waals surface area (Å²) in [5.41, 5.74) is 7.66. The molecule has 1 aliphatic rings. The van der Waals surface area contributed by atoms with Crippen LogP contribution in [0.3, 0.4) is 0 Å². The molecule has 0 saturated heterocycles. The number of aryl methyl sites for hydroxylation is 2. The lowest BCUT2D eigenvalue weighted by molar-refractivity contribution is 0.0750. The van der Waals surface area contributed by atoms with Gasteiger partial charge < -0.3 is 9.47 Å². The molecule has 0 saturated carbocycles. The minimum Gasteiger partial charge on any atom is -0.343 e. The molecule has 31 heavy (non-hydrogen) atoms. The summed E-state index contributed by atoms with van der Waals surface area (Å²) in [5.74, 6) is -0.260. The topological polar surface area (TPSA) is 25.2 Å². The number of hydrogen-bond donors (Lipinski definition) is 0. The molecule has 0 N–H and O–H groups in total. The molecular weight excluding hydrogens is 387 g/mol. The highest BCUT2D eigenvalue weighted by atomic mass is 19.1. The van der Waals surface area contributed by atoms with Crippen LogP contribution in [-0.2, 0) is 19.5 Å². The highest BCUT2D eigenvalue weighted by Crippen LogP contribution is 2.31. The molecule has 0 aliphatic carbocycles. The van der Waals surface area contributed by atoms with Gasteiger partial charge in [-0.3, -0.25) is 4.79 Å². The lowest BCUT2D eigenvalue weighted by Gasteiger charge is -2.21. The van der Waals surface area contributed by atoms with Gasteiger partial charge in [0.1, 0.15) is 5.82 Å². The fourth-order valence-corrected chi connectivity index (χ4v) is 4.63. The molecule has 1 amide bonds. The van der Waals surface area contributed by atoms with Crippen LogP contribution in [0.15, 0.2) is 66.9 Å². The molecule has 2 heterocycles. The van der Waals surface area contributed by atoms with E-state index in [1.165, 1.54) is 34.4 Å². The Bertz CT molecular complexity index is 1300. The third-order valence-corrected chi connectivity index (χ3v) is 6.26. The second-order valence-electron chi connectivity index (χ2n) is 8.52. The molecule has 5 rings (SSSR count). The number of amides is 1. The molecule has 1 aliphatic heterocycles. The molecule has 3 aromatic carbocycles. The number of benzene rings is 3. The molecule has 4 aromatic rings. The number of nitrogens with zero attached hydrogens (tertiary/aromatic N) is 2. The van der Waals surface area contributed by atoms with E-state index in [1.807, 2.05) is 23.1 Å². The highest BCUT2D eigenvalue weighted by Gasteiger charge is 2.25. The van der Waals surface area contributed by atoms with Gasteiger partial charge in [0.05, 0.1) is 0 Å². The van der Waals surface area contributed by atoms with Crippen molar-refractivity contribution in [1.82, 2.24) is 9.47 Å².